The molecule has 0 saturated heterocycles. The van der Waals surface area contributed by atoms with Crippen molar-refractivity contribution in [2.45, 2.75) is 38.3 Å². The van der Waals surface area contributed by atoms with Crippen molar-refractivity contribution >= 4 is 11.9 Å². The van der Waals surface area contributed by atoms with Crippen LogP contribution in [0.4, 0.5) is 0 Å². The lowest BCUT2D eigenvalue weighted by atomic mass is 10.0. The van der Waals surface area contributed by atoms with Gasteiger partial charge in [0.2, 0.25) is 0 Å². The van der Waals surface area contributed by atoms with Gasteiger partial charge in [-0.15, -0.1) is 0 Å². The number of carboxylic acids is 1. The first kappa shape index (κ1) is 22.4. The lowest BCUT2D eigenvalue weighted by Gasteiger charge is -2.23. The van der Waals surface area contributed by atoms with Crippen LogP contribution in [0.5, 0.6) is 5.75 Å². The Morgan fingerprint density at radius 2 is 1.66 bits per heavy atom. The number of carbonyl (C=O) groups is 2. The van der Waals surface area contributed by atoms with E-state index in [-0.39, 0.29) is 13.0 Å². The number of ether oxygens (including phenoxy) is 2. The summed E-state index contributed by atoms with van der Waals surface area (Å²) >= 11 is 0. The average molecular weight is 399 g/mol. The predicted molar refractivity (Wildman–Crippen MR) is 111 cm³/mol. The normalized spacial score (nSPS) is 13.0. The fourth-order valence-electron chi connectivity index (χ4n) is 2.93. The summed E-state index contributed by atoms with van der Waals surface area (Å²) in [5.41, 5.74) is 2.35. The van der Waals surface area contributed by atoms with Crippen LogP contribution in [0.25, 0.3) is 0 Å². The number of likely N-dealkylation sites (N-methyl/N-ethyl adjacent to an activating group) is 1. The highest BCUT2D eigenvalue weighted by Gasteiger charge is 2.27. The number of rotatable bonds is 11. The van der Waals surface area contributed by atoms with Crippen molar-refractivity contribution in [3.05, 3.63) is 65.7 Å². The minimum absolute atomic E-state index is 0.196. The maximum Gasteiger partial charge on any atom is 0.324 e. The number of para-hydroxylation sites is 1. The Morgan fingerprint density at radius 1 is 1.00 bits per heavy atom. The summed E-state index contributed by atoms with van der Waals surface area (Å²) in [6.07, 6.45) is 0.948. The summed E-state index contributed by atoms with van der Waals surface area (Å²) in [6, 6.07) is 17.3. The number of benzene rings is 2. The molecule has 6 heteroatoms. The summed E-state index contributed by atoms with van der Waals surface area (Å²) < 4.78 is 11.3. The molecular formula is C23H29NO5. The van der Waals surface area contributed by atoms with Crippen LogP contribution in [0.1, 0.15) is 24.5 Å². The van der Waals surface area contributed by atoms with Gasteiger partial charge in [-0.1, -0.05) is 48.5 Å². The van der Waals surface area contributed by atoms with Crippen LogP contribution in [0, 0.1) is 0 Å². The zero-order valence-corrected chi connectivity index (χ0v) is 17.2. The molecular weight excluding hydrogens is 370 g/mol. The molecule has 0 aliphatic carbocycles. The number of carbonyl (C=O) groups excluding carboxylic acids is 1. The number of esters is 1. The van der Waals surface area contributed by atoms with E-state index in [4.69, 9.17) is 14.6 Å². The third-order valence-electron chi connectivity index (χ3n) is 4.55. The number of hydrogen-bond donors (Lipinski definition) is 1. The van der Waals surface area contributed by atoms with Crippen molar-refractivity contribution in [1.82, 2.24) is 4.90 Å². The highest BCUT2D eigenvalue weighted by Crippen LogP contribution is 2.20. The second-order valence-electron chi connectivity index (χ2n) is 7.23. The molecule has 0 saturated carbocycles. The number of nitrogens with zero attached hydrogens (tertiary/aromatic N) is 1. The van der Waals surface area contributed by atoms with Crippen molar-refractivity contribution in [3.63, 3.8) is 0 Å². The Hall–Kier alpha value is -2.86. The van der Waals surface area contributed by atoms with Crippen LogP contribution >= 0.6 is 0 Å². The van der Waals surface area contributed by atoms with Gasteiger partial charge < -0.3 is 14.6 Å². The summed E-state index contributed by atoms with van der Waals surface area (Å²) in [5.74, 6) is -0.844. The fourth-order valence-corrected chi connectivity index (χ4v) is 2.93. The smallest absolute Gasteiger partial charge is 0.324 e. The summed E-state index contributed by atoms with van der Waals surface area (Å²) in [7, 11) is 3.30. The van der Waals surface area contributed by atoms with Crippen LogP contribution in [-0.4, -0.2) is 54.8 Å². The fraction of sp³-hybridized carbons (Fsp3) is 0.391. The van der Waals surface area contributed by atoms with E-state index >= 15 is 0 Å². The van der Waals surface area contributed by atoms with Crippen LogP contribution in [-0.2, 0) is 27.2 Å². The van der Waals surface area contributed by atoms with Crippen LogP contribution in [0.3, 0.4) is 0 Å². The predicted octanol–water partition coefficient (Wildman–Crippen LogP) is 3.19. The van der Waals surface area contributed by atoms with Gasteiger partial charge in [0.25, 0.3) is 0 Å². The number of aliphatic carboxylic acids is 1. The maximum atomic E-state index is 12.3. The van der Waals surface area contributed by atoms with Crippen molar-refractivity contribution in [3.8, 4) is 5.75 Å². The zero-order valence-electron chi connectivity index (χ0n) is 17.2. The molecule has 0 spiro atoms. The van der Waals surface area contributed by atoms with Gasteiger partial charge in [-0.3, -0.25) is 14.5 Å². The highest BCUT2D eigenvalue weighted by atomic mass is 16.6. The molecule has 6 nitrogen and oxygen atoms in total. The lowest BCUT2D eigenvalue weighted by Crippen LogP contribution is -2.40. The molecule has 2 unspecified atom stereocenters. The lowest BCUT2D eigenvalue weighted by molar-refractivity contribution is -0.158. The molecule has 2 rings (SSSR count). The molecule has 2 atom stereocenters. The minimum atomic E-state index is -1.04. The standard InChI is InChI=1S/C23H29NO5/c1-17(29-23(27)20(24(2)3)15-22(25)26)16-28-21-12-8-7-11-19(21)14-13-18-9-5-4-6-10-18/h4-12,17,20H,13-16H2,1-3H3,(H,25,26). The van der Waals surface area contributed by atoms with E-state index in [1.807, 2.05) is 42.5 Å². The second kappa shape index (κ2) is 11.2. The minimum Gasteiger partial charge on any atom is -0.489 e. The van der Waals surface area contributed by atoms with E-state index in [0.29, 0.717) is 0 Å². The highest BCUT2D eigenvalue weighted by molar-refractivity contribution is 5.82. The van der Waals surface area contributed by atoms with E-state index in [0.717, 1.165) is 24.2 Å². The molecule has 2 aromatic rings. The molecule has 29 heavy (non-hydrogen) atoms. The quantitative estimate of drug-likeness (QED) is 0.585. The third-order valence-corrected chi connectivity index (χ3v) is 4.55. The van der Waals surface area contributed by atoms with Crippen molar-refractivity contribution < 1.29 is 24.2 Å². The molecule has 1 N–H and O–H groups in total. The largest absolute Gasteiger partial charge is 0.489 e. The number of aryl methyl sites for hydroxylation is 2. The van der Waals surface area contributed by atoms with E-state index in [9.17, 15) is 9.59 Å². The Labute approximate surface area is 172 Å². The summed E-state index contributed by atoms with van der Waals surface area (Å²) in [4.78, 5) is 24.8. The van der Waals surface area contributed by atoms with Gasteiger partial charge >= 0.3 is 11.9 Å². The van der Waals surface area contributed by atoms with E-state index in [1.165, 1.54) is 5.56 Å². The second-order valence-corrected chi connectivity index (χ2v) is 7.23. The molecule has 0 bridgehead atoms. The Bertz CT molecular complexity index is 791. The van der Waals surface area contributed by atoms with Gasteiger partial charge in [0.05, 0.1) is 6.42 Å². The molecule has 0 amide bonds. The monoisotopic (exact) mass is 399 g/mol. The molecule has 0 heterocycles. The van der Waals surface area contributed by atoms with Crippen LogP contribution in [0.2, 0.25) is 0 Å². The Morgan fingerprint density at radius 3 is 2.31 bits per heavy atom. The molecule has 2 aromatic carbocycles. The Kier molecular flexibility index (Phi) is 8.68. The molecule has 0 aromatic heterocycles. The summed E-state index contributed by atoms with van der Waals surface area (Å²) in [6.45, 7) is 1.93. The first-order valence-electron chi connectivity index (χ1n) is 9.70. The summed E-state index contributed by atoms with van der Waals surface area (Å²) in [5, 5.41) is 8.97. The van der Waals surface area contributed by atoms with E-state index in [1.54, 1.807) is 25.9 Å². The Balaban J connectivity index is 1.90. The van der Waals surface area contributed by atoms with Gasteiger partial charge in [0.1, 0.15) is 24.5 Å². The van der Waals surface area contributed by atoms with E-state index < -0.39 is 24.1 Å². The molecule has 0 aliphatic heterocycles. The third kappa shape index (κ3) is 7.58. The molecule has 0 radical (unpaired) electrons. The van der Waals surface area contributed by atoms with E-state index in [2.05, 4.69) is 12.1 Å². The van der Waals surface area contributed by atoms with Gasteiger partial charge in [0, 0.05) is 0 Å². The van der Waals surface area contributed by atoms with Gasteiger partial charge in [-0.05, 0) is 51.1 Å². The van der Waals surface area contributed by atoms with Crippen molar-refractivity contribution in [2.24, 2.45) is 0 Å². The first-order valence-corrected chi connectivity index (χ1v) is 9.70. The first-order chi connectivity index (χ1) is 13.9. The molecule has 156 valence electrons. The average Bonchev–Trinajstić information content (AvgIpc) is 2.70. The molecule has 0 aliphatic rings. The SMILES string of the molecule is CC(COc1ccccc1CCc1ccccc1)OC(=O)C(CC(=O)O)N(C)C. The van der Waals surface area contributed by atoms with Crippen molar-refractivity contribution in [2.75, 3.05) is 20.7 Å². The molecule has 0 fully saturated rings. The number of hydrogen-bond acceptors (Lipinski definition) is 5. The van der Waals surface area contributed by atoms with Gasteiger partial charge in [-0.2, -0.15) is 0 Å². The number of carboxylic acid groups (broad SMARTS) is 1. The zero-order chi connectivity index (χ0) is 21.2. The maximum absolute atomic E-state index is 12.3. The van der Waals surface area contributed by atoms with Crippen molar-refractivity contribution in [1.29, 1.82) is 0 Å². The van der Waals surface area contributed by atoms with Crippen LogP contribution in [0.15, 0.2) is 54.6 Å². The topological polar surface area (TPSA) is 76.1 Å². The van der Waals surface area contributed by atoms with Gasteiger partial charge in [-0.25, -0.2) is 0 Å². The van der Waals surface area contributed by atoms with Crippen LogP contribution < -0.4 is 4.74 Å². The van der Waals surface area contributed by atoms with Gasteiger partial charge in [0.15, 0.2) is 0 Å².